The van der Waals surface area contributed by atoms with E-state index in [0.717, 1.165) is 26.8 Å². The summed E-state index contributed by atoms with van der Waals surface area (Å²) in [6.07, 6.45) is -4.65. The number of halogens is 4. The molecule has 0 aliphatic rings. The molecule has 138 valence electrons. The zero-order valence-corrected chi connectivity index (χ0v) is 16.3. The van der Waals surface area contributed by atoms with E-state index in [1.54, 1.807) is 7.11 Å². The lowest BCUT2D eigenvalue weighted by Crippen LogP contribution is -2.21. The third-order valence-electron chi connectivity index (χ3n) is 3.21. The predicted octanol–water partition coefficient (Wildman–Crippen LogP) is 4.20. The summed E-state index contributed by atoms with van der Waals surface area (Å²) >= 11 is 5.85. The van der Waals surface area contributed by atoms with Gasteiger partial charge in [0.05, 0.1) is 18.4 Å². The number of methoxy groups -OCH3 is 1. The number of ether oxygens (including phenoxy) is 1. The minimum atomic E-state index is -4.65. The molecule has 6 nitrogen and oxygen atoms in total. The average molecular weight is 466 g/mol. The van der Waals surface area contributed by atoms with Crippen molar-refractivity contribution in [2.75, 3.05) is 13.0 Å². The van der Waals surface area contributed by atoms with Gasteiger partial charge in [-0.2, -0.15) is 13.2 Å². The second kappa shape index (κ2) is 7.45. The second-order valence-corrected chi connectivity index (χ2v) is 7.67. The number of nitrogen functional groups attached to an aromatic ring is 1. The first-order valence-electron chi connectivity index (χ1n) is 6.98. The summed E-state index contributed by atoms with van der Waals surface area (Å²) in [6.45, 7) is 0. The summed E-state index contributed by atoms with van der Waals surface area (Å²) in [4.78, 5) is 4.51. The molecule has 0 aliphatic heterocycles. The van der Waals surface area contributed by atoms with Crippen LogP contribution >= 0.6 is 39.0 Å². The van der Waals surface area contributed by atoms with Crippen LogP contribution in [0, 0.1) is 0 Å². The molecular formula is C14H11BrF3N5OS2. The van der Waals surface area contributed by atoms with E-state index in [9.17, 15) is 13.2 Å². The van der Waals surface area contributed by atoms with Crippen molar-refractivity contribution in [3.05, 3.63) is 39.6 Å². The molecule has 2 aromatic heterocycles. The molecule has 1 aromatic carbocycles. The van der Waals surface area contributed by atoms with Gasteiger partial charge >= 0.3 is 6.18 Å². The Balaban J connectivity index is 1.76. The Morgan fingerprint density at radius 3 is 2.77 bits per heavy atom. The van der Waals surface area contributed by atoms with Crippen LogP contribution in [0.1, 0.15) is 11.5 Å². The molecule has 0 spiro atoms. The Morgan fingerprint density at radius 2 is 2.12 bits per heavy atom. The number of rotatable bonds is 5. The van der Waals surface area contributed by atoms with Crippen LogP contribution in [0.2, 0.25) is 0 Å². The van der Waals surface area contributed by atoms with Gasteiger partial charge in [0.15, 0.2) is 0 Å². The maximum absolute atomic E-state index is 12.7. The monoisotopic (exact) mass is 465 g/mol. The third kappa shape index (κ3) is 3.96. The fourth-order valence-electron chi connectivity index (χ4n) is 2.05. The van der Waals surface area contributed by atoms with Crippen molar-refractivity contribution >= 4 is 39.0 Å². The van der Waals surface area contributed by atoms with Crippen molar-refractivity contribution in [1.29, 1.82) is 0 Å². The number of aromatic nitrogens is 4. The van der Waals surface area contributed by atoms with Crippen LogP contribution in [0.5, 0.6) is 5.75 Å². The summed E-state index contributed by atoms with van der Waals surface area (Å²) < 4.78 is 44.7. The van der Waals surface area contributed by atoms with E-state index in [1.807, 2.05) is 23.6 Å². The largest absolute Gasteiger partial charge is 0.496 e. The van der Waals surface area contributed by atoms with Crippen LogP contribution in [0.25, 0.3) is 10.6 Å². The minimum Gasteiger partial charge on any atom is -0.496 e. The molecule has 0 unspecified atom stereocenters. The molecule has 0 atom stereocenters. The highest BCUT2D eigenvalue weighted by Crippen LogP contribution is 2.35. The molecule has 26 heavy (non-hydrogen) atoms. The van der Waals surface area contributed by atoms with Gasteiger partial charge in [0, 0.05) is 15.6 Å². The summed E-state index contributed by atoms with van der Waals surface area (Å²) in [5.41, 5.74) is 1.51. The first kappa shape index (κ1) is 19.0. The first-order chi connectivity index (χ1) is 12.3. The third-order valence-corrected chi connectivity index (χ3v) is 5.61. The maximum Gasteiger partial charge on any atom is 0.453 e. The number of benzene rings is 1. The van der Waals surface area contributed by atoms with Crippen LogP contribution in [-0.4, -0.2) is 27.0 Å². The number of alkyl halides is 3. The molecule has 0 radical (unpaired) electrons. The van der Waals surface area contributed by atoms with E-state index < -0.39 is 12.0 Å². The van der Waals surface area contributed by atoms with E-state index >= 15 is 0 Å². The maximum atomic E-state index is 12.7. The van der Waals surface area contributed by atoms with Gasteiger partial charge in [0.2, 0.25) is 5.16 Å². The number of thiazole rings is 1. The van der Waals surface area contributed by atoms with E-state index in [1.165, 1.54) is 11.3 Å². The fraction of sp³-hybridized carbons (Fsp3) is 0.214. The van der Waals surface area contributed by atoms with Gasteiger partial charge < -0.3 is 10.6 Å². The number of hydrogen-bond donors (Lipinski definition) is 1. The van der Waals surface area contributed by atoms with Gasteiger partial charge in [-0.15, -0.1) is 21.5 Å². The quantitative estimate of drug-likeness (QED) is 0.449. The molecule has 0 bridgehead atoms. The first-order valence-corrected chi connectivity index (χ1v) is 9.64. The molecule has 0 aliphatic carbocycles. The van der Waals surface area contributed by atoms with Gasteiger partial charge in [0.25, 0.3) is 5.82 Å². The normalized spacial score (nSPS) is 11.7. The fourth-order valence-corrected chi connectivity index (χ4v) is 4.11. The molecule has 3 rings (SSSR count). The van der Waals surface area contributed by atoms with E-state index in [2.05, 4.69) is 31.1 Å². The predicted molar refractivity (Wildman–Crippen MR) is 96.5 cm³/mol. The molecule has 12 heteroatoms. The van der Waals surface area contributed by atoms with E-state index in [-0.39, 0.29) is 5.16 Å². The van der Waals surface area contributed by atoms with Gasteiger partial charge in [0.1, 0.15) is 10.8 Å². The number of hydrogen-bond acceptors (Lipinski definition) is 7. The molecule has 0 saturated heterocycles. The van der Waals surface area contributed by atoms with Crippen LogP contribution in [0.15, 0.2) is 33.2 Å². The van der Waals surface area contributed by atoms with Crippen LogP contribution in [0.3, 0.4) is 0 Å². The van der Waals surface area contributed by atoms with Crippen molar-refractivity contribution in [1.82, 2.24) is 19.9 Å². The lowest BCUT2D eigenvalue weighted by Gasteiger charge is -2.06. The summed E-state index contributed by atoms with van der Waals surface area (Å²) in [6, 6.07) is 5.57. The molecule has 0 amide bonds. The molecule has 2 heterocycles. The highest BCUT2D eigenvalue weighted by Gasteiger charge is 2.38. The number of nitrogens with two attached hydrogens (primary N) is 1. The Kier molecular flexibility index (Phi) is 5.44. The van der Waals surface area contributed by atoms with Gasteiger partial charge in [-0.25, -0.2) is 9.66 Å². The van der Waals surface area contributed by atoms with Crippen molar-refractivity contribution < 1.29 is 17.9 Å². The summed E-state index contributed by atoms with van der Waals surface area (Å²) in [5.74, 6) is 5.16. The zero-order chi connectivity index (χ0) is 18.9. The zero-order valence-electron chi connectivity index (χ0n) is 13.1. The van der Waals surface area contributed by atoms with E-state index in [4.69, 9.17) is 10.6 Å². The molecule has 2 N–H and O–H groups in total. The van der Waals surface area contributed by atoms with Crippen LogP contribution in [0.4, 0.5) is 13.2 Å². The van der Waals surface area contributed by atoms with Crippen molar-refractivity contribution in [2.24, 2.45) is 0 Å². The van der Waals surface area contributed by atoms with Gasteiger partial charge in [-0.3, -0.25) is 0 Å². The smallest absolute Gasteiger partial charge is 0.453 e. The van der Waals surface area contributed by atoms with Gasteiger partial charge in [-0.05, 0) is 18.2 Å². The second-order valence-electron chi connectivity index (χ2n) is 4.95. The number of nitrogens with zero attached hydrogens (tertiary/aromatic N) is 4. The lowest BCUT2D eigenvalue weighted by atomic mass is 10.2. The Bertz CT molecular complexity index is 928. The number of thioether (sulfide) groups is 1. The Labute approximate surface area is 162 Å². The van der Waals surface area contributed by atoms with Crippen molar-refractivity contribution in [2.45, 2.75) is 17.1 Å². The molecule has 3 aromatic rings. The highest BCUT2D eigenvalue weighted by molar-refractivity contribution is 9.10. The molecule has 0 fully saturated rings. The van der Waals surface area contributed by atoms with Gasteiger partial charge in [-0.1, -0.05) is 27.7 Å². The molecule has 0 saturated carbocycles. The van der Waals surface area contributed by atoms with E-state index in [0.29, 0.717) is 21.9 Å². The SMILES string of the molecule is COc1ccc(Br)cc1-c1nc(CSc2nnc(C(F)(F)F)n2N)cs1. The van der Waals surface area contributed by atoms with Crippen LogP contribution < -0.4 is 10.6 Å². The lowest BCUT2D eigenvalue weighted by molar-refractivity contribution is -0.146. The Morgan fingerprint density at radius 1 is 1.35 bits per heavy atom. The Hall–Kier alpha value is -1.79. The topological polar surface area (TPSA) is 78.9 Å². The highest BCUT2D eigenvalue weighted by atomic mass is 79.9. The average Bonchev–Trinajstić information content (AvgIpc) is 3.19. The summed E-state index contributed by atoms with van der Waals surface area (Å²) in [7, 11) is 1.57. The van der Waals surface area contributed by atoms with Crippen molar-refractivity contribution in [3.8, 4) is 16.3 Å². The minimum absolute atomic E-state index is 0.0353. The summed E-state index contributed by atoms with van der Waals surface area (Å²) in [5, 5.41) is 9.10. The standard InChI is InChI=1S/C14H11BrF3N5OS2/c1-24-10-3-2-7(15)4-9(10)11-20-8(5-25-11)6-26-13-22-21-12(23(13)19)14(16,17)18/h2-5H,6,19H2,1H3. The van der Waals surface area contributed by atoms with Crippen molar-refractivity contribution in [3.63, 3.8) is 0 Å². The van der Waals surface area contributed by atoms with Crippen LogP contribution in [-0.2, 0) is 11.9 Å². The molecular weight excluding hydrogens is 455 g/mol.